The second-order valence-corrected chi connectivity index (χ2v) is 7.02. The van der Waals surface area contributed by atoms with Gasteiger partial charge < -0.3 is 10.2 Å². The molecule has 1 aromatic heterocycles. The maximum Gasteiger partial charge on any atom is 0.435 e. The van der Waals surface area contributed by atoms with Crippen molar-refractivity contribution in [3.8, 4) is 23.0 Å². The monoisotopic (exact) mass is 454 g/mol. The van der Waals surface area contributed by atoms with Crippen LogP contribution in [-0.4, -0.2) is 28.0 Å². The smallest absolute Gasteiger partial charge is 0.382 e. The number of oxime groups is 1. The summed E-state index contributed by atoms with van der Waals surface area (Å²) in [7, 11) is 1.33. The molecule has 33 heavy (non-hydrogen) atoms. The Kier molecular flexibility index (Phi) is 7.18. The molecule has 0 unspecified atom stereocenters. The average Bonchev–Trinajstić information content (AvgIpc) is 3.20. The molecule has 3 rings (SSSR count). The molecular formula is C24H21F3N4O2. The molecule has 0 aliphatic carbocycles. The number of aryl methyl sites for hydroxylation is 1. The number of alkyl halides is 3. The Morgan fingerprint density at radius 2 is 1.88 bits per heavy atom. The van der Waals surface area contributed by atoms with Gasteiger partial charge >= 0.3 is 6.18 Å². The highest BCUT2D eigenvalue weighted by Crippen LogP contribution is 2.32. The summed E-state index contributed by atoms with van der Waals surface area (Å²) in [4.78, 5) is 17.8. The fourth-order valence-corrected chi connectivity index (χ4v) is 3.07. The lowest BCUT2D eigenvalue weighted by Crippen LogP contribution is -2.18. The van der Waals surface area contributed by atoms with Crippen molar-refractivity contribution in [2.24, 2.45) is 12.2 Å². The number of carbonyl (C=O) groups excluding carboxylic acids is 1. The van der Waals surface area contributed by atoms with Crippen LogP contribution in [-0.2, 0) is 18.1 Å². The molecule has 170 valence electrons. The zero-order chi connectivity index (χ0) is 24.0. The number of amides is 1. The molecule has 0 radical (unpaired) electrons. The van der Waals surface area contributed by atoms with Crippen molar-refractivity contribution >= 4 is 17.3 Å². The minimum atomic E-state index is -4.74. The van der Waals surface area contributed by atoms with Gasteiger partial charge in [0.25, 0.3) is 5.91 Å². The van der Waals surface area contributed by atoms with Gasteiger partial charge in [0.15, 0.2) is 12.3 Å². The first kappa shape index (κ1) is 23.6. The lowest BCUT2D eigenvalue weighted by molar-refractivity contribution is -0.141. The largest absolute Gasteiger partial charge is 0.435 e. The highest BCUT2D eigenvalue weighted by atomic mass is 19.4. The summed E-state index contributed by atoms with van der Waals surface area (Å²) in [5, 5.41) is 9.98. The Morgan fingerprint density at radius 1 is 1.18 bits per heavy atom. The van der Waals surface area contributed by atoms with Crippen LogP contribution in [0.4, 0.5) is 18.9 Å². The molecule has 0 aliphatic rings. The molecule has 0 aliphatic heterocycles. The van der Waals surface area contributed by atoms with Crippen molar-refractivity contribution in [2.75, 3.05) is 11.9 Å². The van der Waals surface area contributed by atoms with Crippen LogP contribution in [0.1, 0.15) is 35.5 Å². The van der Waals surface area contributed by atoms with E-state index in [0.717, 1.165) is 22.0 Å². The second-order valence-electron chi connectivity index (χ2n) is 7.02. The first-order valence-corrected chi connectivity index (χ1v) is 9.89. The van der Waals surface area contributed by atoms with Gasteiger partial charge in [0.05, 0.1) is 11.3 Å². The van der Waals surface area contributed by atoms with Crippen molar-refractivity contribution in [1.29, 1.82) is 0 Å². The van der Waals surface area contributed by atoms with E-state index >= 15 is 0 Å². The number of nitrogens with zero attached hydrogens (tertiary/aromatic N) is 3. The minimum Gasteiger partial charge on any atom is -0.382 e. The van der Waals surface area contributed by atoms with Crippen LogP contribution >= 0.6 is 0 Å². The number of anilines is 1. The number of carbonyl (C=O) groups is 1. The van der Waals surface area contributed by atoms with Gasteiger partial charge in [-0.2, -0.15) is 18.3 Å². The predicted molar refractivity (Wildman–Crippen MR) is 120 cm³/mol. The third kappa shape index (κ3) is 5.80. The molecule has 0 saturated carbocycles. The average molecular weight is 454 g/mol. The van der Waals surface area contributed by atoms with Crippen LogP contribution in [0.15, 0.2) is 59.9 Å². The zero-order valence-electron chi connectivity index (χ0n) is 18.2. The van der Waals surface area contributed by atoms with Gasteiger partial charge in [-0.25, -0.2) is 0 Å². The third-order valence-corrected chi connectivity index (χ3v) is 4.65. The van der Waals surface area contributed by atoms with E-state index in [0.29, 0.717) is 17.0 Å². The van der Waals surface area contributed by atoms with Crippen LogP contribution in [0.3, 0.4) is 0 Å². The number of benzene rings is 2. The minimum absolute atomic E-state index is 0.200. The highest BCUT2D eigenvalue weighted by molar-refractivity contribution is 6.07. The number of nitrogens with one attached hydrogen (secondary N) is 1. The van der Waals surface area contributed by atoms with Crippen LogP contribution in [0.5, 0.6) is 0 Å². The van der Waals surface area contributed by atoms with Gasteiger partial charge in [-0.3, -0.25) is 9.48 Å². The Morgan fingerprint density at radius 3 is 2.55 bits per heavy atom. The lowest BCUT2D eigenvalue weighted by Gasteiger charge is -2.12. The predicted octanol–water partition coefficient (Wildman–Crippen LogP) is 5.12. The number of para-hydroxylation sites is 1. The van der Waals surface area contributed by atoms with Crippen molar-refractivity contribution < 1.29 is 22.8 Å². The van der Waals surface area contributed by atoms with Crippen molar-refractivity contribution in [2.45, 2.75) is 20.0 Å². The van der Waals surface area contributed by atoms with E-state index in [1.165, 1.54) is 7.05 Å². The number of rotatable bonds is 6. The first-order chi connectivity index (χ1) is 15.7. The summed E-state index contributed by atoms with van der Waals surface area (Å²) < 4.78 is 40.7. The molecule has 1 heterocycles. The Labute approximate surface area is 189 Å². The zero-order valence-corrected chi connectivity index (χ0v) is 18.2. The first-order valence-electron chi connectivity index (χ1n) is 9.89. The van der Waals surface area contributed by atoms with Gasteiger partial charge in [0.2, 0.25) is 0 Å². The summed E-state index contributed by atoms with van der Waals surface area (Å²) in [6.45, 7) is 3.71. The Hall–Kier alpha value is -4.06. The van der Waals surface area contributed by atoms with Crippen LogP contribution in [0, 0.1) is 11.8 Å². The summed E-state index contributed by atoms with van der Waals surface area (Å²) in [6, 6.07) is 14.2. The van der Waals surface area contributed by atoms with E-state index in [1.807, 2.05) is 24.3 Å². The molecular weight excluding hydrogens is 433 g/mol. The molecule has 0 spiro atoms. The van der Waals surface area contributed by atoms with Gasteiger partial charge in [0, 0.05) is 24.5 Å². The fraction of sp³-hybridized carbons (Fsp3) is 0.208. The molecule has 3 aromatic rings. The lowest BCUT2D eigenvalue weighted by atomic mass is 10.0. The van der Waals surface area contributed by atoms with Gasteiger partial charge in [-0.15, -0.1) is 5.92 Å². The van der Waals surface area contributed by atoms with Crippen molar-refractivity contribution in [1.82, 2.24) is 9.78 Å². The molecule has 0 bridgehead atoms. The Bertz CT molecular complexity index is 1230. The van der Waals surface area contributed by atoms with Crippen LogP contribution in [0.25, 0.3) is 11.1 Å². The van der Waals surface area contributed by atoms with Gasteiger partial charge in [0.1, 0.15) is 0 Å². The fourth-order valence-electron chi connectivity index (χ4n) is 3.07. The van der Waals surface area contributed by atoms with Crippen molar-refractivity contribution in [3.05, 3.63) is 71.5 Å². The van der Waals surface area contributed by atoms with E-state index in [-0.39, 0.29) is 6.61 Å². The van der Waals surface area contributed by atoms with Crippen molar-refractivity contribution in [3.63, 3.8) is 0 Å². The van der Waals surface area contributed by atoms with Gasteiger partial charge in [-0.05, 0) is 31.0 Å². The summed E-state index contributed by atoms with van der Waals surface area (Å²) in [5.74, 6) is 4.57. The summed E-state index contributed by atoms with van der Waals surface area (Å²) in [5.41, 5.74) is 1.51. The topological polar surface area (TPSA) is 68.5 Å². The van der Waals surface area contributed by atoms with Crippen LogP contribution in [0.2, 0.25) is 0 Å². The third-order valence-electron chi connectivity index (χ3n) is 4.65. The molecule has 1 amide bonds. The number of hydrogen-bond donors (Lipinski definition) is 1. The quantitative estimate of drug-likeness (QED) is 0.243. The molecule has 2 aromatic carbocycles. The molecule has 9 heteroatoms. The normalized spacial score (nSPS) is 11.5. The van der Waals surface area contributed by atoms with E-state index in [1.54, 1.807) is 38.1 Å². The van der Waals surface area contributed by atoms with E-state index < -0.39 is 23.3 Å². The van der Waals surface area contributed by atoms with E-state index in [4.69, 9.17) is 4.84 Å². The highest BCUT2D eigenvalue weighted by Gasteiger charge is 2.39. The SMILES string of the molecule is CC#CCON=C(C)c1ccc(-c2ccccc2NC(=O)c2cn(C)nc2C(F)(F)F)cc1. The maximum absolute atomic E-state index is 13.2. The second kappa shape index (κ2) is 10.0. The van der Waals surface area contributed by atoms with Crippen LogP contribution < -0.4 is 5.32 Å². The molecule has 6 nitrogen and oxygen atoms in total. The molecule has 0 saturated heterocycles. The maximum atomic E-state index is 13.2. The Balaban J connectivity index is 1.84. The van der Waals surface area contributed by atoms with E-state index in [9.17, 15) is 18.0 Å². The van der Waals surface area contributed by atoms with Gasteiger partial charge in [-0.1, -0.05) is 53.5 Å². The van der Waals surface area contributed by atoms with E-state index in [2.05, 4.69) is 27.4 Å². The standard InChI is InChI=1S/C24H21F3N4O2/c1-4-5-14-33-30-16(2)17-10-12-18(13-11-17)19-8-6-7-9-21(19)28-23(32)20-15-31(3)29-22(20)24(25,26)27/h6-13,15H,14H2,1-3H3,(H,28,32). The molecule has 1 N–H and O–H groups in total. The molecule has 0 atom stereocenters. The number of aromatic nitrogens is 2. The molecule has 0 fully saturated rings. The number of halogens is 3. The summed E-state index contributed by atoms with van der Waals surface area (Å²) >= 11 is 0. The number of hydrogen-bond acceptors (Lipinski definition) is 4. The summed E-state index contributed by atoms with van der Waals surface area (Å²) in [6.07, 6.45) is -3.69.